The summed E-state index contributed by atoms with van der Waals surface area (Å²) in [6.45, 7) is 1.77. The van der Waals surface area contributed by atoms with E-state index in [1.54, 1.807) is 6.92 Å². The van der Waals surface area contributed by atoms with Crippen LogP contribution in [0.3, 0.4) is 0 Å². The molecule has 0 rings (SSSR count). The van der Waals surface area contributed by atoms with Gasteiger partial charge in [0, 0.05) is 0 Å². The Morgan fingerprint density at radius 2 is 2.30 bits per heavy atom. The third-order valence-corrected chi connectivity index (χ3v) is 1.21. The van der Waals surface area contributed by atoms with Gasteiger partial charge in [-0.25, -0.2) is 0 Å². The number of carbonyl (C=O) groups excluding carboxylic acids is 1. The second kappa shape index (κ2) is 6.49. The van der Waals surface area contributed by atoms with E-state index < -0.39 is 0 Å². The van der Waals surface area contributed by atoms with Crippen molar-refractivity contribution in [1.82, 2.24) is 0 Å². The minimum Gasteiger partial charge on any atom is -0.393 e. The first-order valence-corrected chi connectivity index (χ1v) is 3.55. The van der Waals surface area contributed by atoms with Gasteiger partial charge in [0.15, 0.2) is 0 Å². The highest BCUT2D eigenvalue weighted by molar-refractivity contribution is 5.64. The molecule has 2 nitrogen and oxygen atoms in total. The second-order valence-corrected chi connectivity index (χ2v) is 2.34. The molecule has 0 aromatic rings. The van der Waals surface area contributed by atoms with Gasteiger partial charge in [-0.3, -0.25) is 4.79 Å². The molecule has 0 aliphatic rings. The number of aldehydes is 1. The molecule has 1 atom stereocenters. The van der Waals surface area contributed by atoms with Gasteiger partial charge >= 0.3 is 0 Å². The summed E-state index contributed by atoms with van der Waals surface area (Å²) in [4.78, 5) is 9.77. The zero-order valence-corrected chi connectivity index (χ0v) is 6.29. The molecule has 0 unspecified atom stereocenters. The van der Waals surface area contributed by atoms with Crippen LogP contribution in [0.2, 0.25) is 0 Å². The number of unbranched alkanes of at least 4 members (excludes halogenated alkanes) is 1. The molecule has 0 heterocycles. The predicted molar refractivity (Wildman–Crippen MR) is 40.7 cm³/mol. The van der Waals surface area contributed by atoms with E-state index in [1.165, 1.54) is 6.08 Å². The monoisotopic (exact) mass is 142 g/mol. The third kappa shape index (κ3) is 7.37. The van der Waals surface area contributed by atoms with Gasteiger partial charge < -0.3 is 5.11 Å². The summed E-state index contributed by atoms with van der Waals surface area (Å²) in [5.41, 5.74) is 0. The van der Waals surface area contributed by atoms with Crippen molar-refractivity contribution in [2.45, 2.75) is 32.3 Å². The molecule has 0 aromatic heterocycles. The Hall–Kier alpha value is -0.630. The number of carbonyl (C=O) groups is 1. The normalized spacial score (nSPS) is 13.8. The van der Waals surface area contributed by atoms with E-state index in [2.05, 4.69) is 0 Å². The van der Waals surface area contributed by atoms with E-state index in [0.717, 1.165) is 25.5 Å². The van der Waals surface area contributed by atoms with Crippen molar-refractivity contribution in [3.05, 3.63) is 12.2 Å². The highest BCUT2D eigenvalue weighted by atomic mass is 16.3. The first-order valence-electron chi connectivity index (χ1n) is 3.55. The molecule has 0 aromatic carbocycles. The number of hydrogen-bond donors (Lipinski definition) is 1. The van der Waals surface area contributed by atoms with Gasteiger partial charge in [-0.1, -0.05) is 6.08 Å². The first-order chi connectivity index (χ1) is 4.77. The number of hydrogen-bond acceptors (Lipinski definition) is 2. The average Bonchev–Trinajstić information content (AvgIpc) is 1.87. The highest BCUT2D eigenvalue weighted by Crippen LogP contribution is 1.99. The average molecular weight is 142 g/mol. The van der Waals surface area contributed by atoms with E-state index in [1.807, 2.05) is 6.08 Å². The van der Waals surface area contributed by atoms with Crippen LogP contribution in [0.4, 0.5) is 0 Å². The van der Waals surface area contributed by atoms with Crippen molar-refractivity contribution in [2.24, 2.45) is 0 Å². The lowest BCUT2D eigenvalue weighted by atomic mass is 10.2. The SMILES string of the molecule is C[C@@H](O)CCC/C=C/C=O. The fourth-order valence-corrected chi connectivity index (χ4v) is 0.683. The predicted octanol–water partition coefficient (Wildman–Crippen LogP) is 1.29. The summed E-state index contributed by atoms with van der Waals surface area (Å²) in [7, 11) is 0. The molecular weight excluding hydrogens is 128 g/mol. The van der Waals surface area contributed by atoms with Gasteiger partial charge in [0.05, 0.1) is 6.10 Å². The van der Waals surface area contributed by atoms with Gasteiger partial charge in [-0.05, 0) is 32.3 Å². The molecule has 10 heavy (non-hydrogen) atoms. The van der Waals surface area contributed by atoms with E-state index in [-0.39, 0.29) is 6.10 Å². The lowest BCUT2D eigenvalue weighted by Gasteiger charge is -1.99. The first kappa shape index (κ1) is 9.37. The third-order valence-electron chi connectivity index (χ3n) is 1.21. The van der Waals surface area contributed by atoms with Crippen LogP contribution in [0.5, 0.6) is 0 Å². The molecule has 0 spiro atoms. The minimum atomic E-state index is -0.218. The summed E-state index contributed by atoms with van der Waals surface area (Å²) in [6.07, 6.45) is 6.49. The van der Waals surface area contributed by atoms with E-state index >= 15 is 0 Å². The summed E-state index contributed by atoms with van der Waals surface area (Å²) < 4.78 is 0. The maximum absolute atomic E-state index is 9.77. The molecule has 0 aliphatic heterocycles. The van der Waals surface area contributed by atoms with Gasteiger partial charge in [0.25, 0.3) is 0 Å². The maximum atomic E-state index is 9.77. The number of rotatable bonds is 5. The van der Waals surface area contributed by atoms with Crippen LogP contribution in [0.1, 0.15) is 26.2 Å². The van der Waals surface area contributed by atoms with Crippen molar-refractivity contribution >= 4 is 6.29 Å². The Balaban J connectivity index is 3.04. The Kier molecular flexibility index (Phi) is 6.08. The van der Waals surface area contributed by atoms with Crippen molar-refractivity contribution in [3.8, 4) is 0 Å². The maximum Gasteiger partial charge on any atom is 0.142 e. The quantitative estimate of drug-likeness (QED) is 0.357. The molecule has 0 fully saturated rings. The van der Waals surface area contributed by atoms with Crippen molar-refractivity contribution in [1.29, 1.82) is 0 Å². The standard InChI is InChI=1S/C8H14O2/c1-8(10)6-4-2-3-5-7-9/h3,5,7-8,10H,2,4,6H2,1H3/b5-3+/t8-/m1/s1. The van der Waals surface area contributed by atoms with E-state index in [0.29, 0.717) is 0 Å². The van der Waals surface area contributed by atoms with Crippen LogP contribution in [0.25, 0.3) is 0 Å². The molecule has 0 amide bonds. The van der Waals surface area contributed by atoms with Gasteiger partial charge in [-0.2, -0.15) is 0 Å². The number of allylic oxidation sites excluding steroid dienone is 2. The van der Waals surface area contributed by atoms with Gasteiger partial charge in [0.2, 0.25) is 0 Å². The van der Waals surface area contributed by atoms with Crippen LogP contribution in [0.15, 0.2) is 12.2 Å². The molecule has 2 heteroatoms. The number of aliphatic hydroxyl groups is 1. The Morgan fingerprint density at radius 1 is 1.60 bits per heavy atom. The lowest BCUT2D eigenvalue weighted by Crippen LogP contribution is -1.97. The zero-order valence-electron chi connectivity index (χ0n) is 6.29. The number of aliphatic hydroxyl groups excluding tert-OH is 1. The second-order valence-electron chi connectivity index (χ2n) is 2.34. The van der Waals surface area contributed by atoms with Crippen molar-refractivity contribution in [3.63, 3.8) is 0 Å². The van der Waals surface area contributed by atoms with E-state index in [9.17, 15) is 4.79 Å². The van der Waals surface area contributed by atoms with Crippen molar-refractivity contribution < 1.29 is 9.90 Å². The molecule has 1 N–H and O–H groups in total. The minimum absolute atomic E-state index is 0.218. The smallest absolute Gasteiger partial charge is 0.142 e. The summed E-state index contributed by atoms with van der Waals surface area (Å²) >= 11 is 0. The molecule has 0 radical (unpaired) electrons. The lowest BCUT2D eigenvalue weighted by molar-refractivity contribution is -0.104. The fourth-order valence-electron chi connectivity index (χ4n) is 0.683. The Labute approximate surface area is 61.6 Å². The van der Waals surface area contributed by atoms with Crippen LogP contribution >= 0.6 is 0 Å². The van der Waals surface area contributed by atoms with Gasteiger partial charge in [0.1, 0.15) is 6.29 Å². The van der Waals surface area contributed by atoms with Crippen molar-refractivity contribution in [2.75, 3.05) is 0 Å². The van der Waals surface area contributed by atoms with Crippen LogP contribution in [0, 0.1) is 0 Å². The zero-order chi connectivity index (χ0) is 7.82. The fraction of sp³-hybridized carbons (Fsp3) is 0.625. The Bertz CT molecular complexity index is 106. The molecule has 58 valence electrons. The highest BCUT2D eigenvalue weighted by Gasteiger charge is 1.91. The van der Waals surface area contributed by atoms with Crippen LogP contribution in [-0.2, 0) is 4.79 Å². The Morgan fingerprint density at radius 3 is 2.80 bits per heavy atom. The van der Waals surface area contributed by atoms with Crippen LogP contribution in [-0.4, -0.2) is 17.5 Å². The molecule has 0 bridgehead atoms. The topological polar surface area (TPSA) is 37.3 Å². The summed E-state index contributed by atoms with van der Waals surface area (Å²) in [5.74, 6) is 0. The molecule has 0 saturated heterocycles. The summed E-state index contributed by atoms with van der Waals surface area (Å²) in [6, 6.07) is 0. The van der Waals surface area contributed by atoms with Crippen LogP contribution < -0.4 is 0 Å². The summed E-state index contributed by atoms with van der Waals surface area (Å²) in [5, 5.41) is 8.82. The molecule has 0 aliphatic carbocycles. The molecular formula is C8H14O2. The largest absolute Gasteiger partial charge is 0.393 e. The van der Waals surface area contributed by atoms with E-state index in [4.69, 9.17) is 5.11 Å². The molecule has 0 saturated carbocycles. The van der Waals surface area contributed by atoms with Gasteiger partial charge in [-0.15, -0.1) is 0 Å².